The highest BCUT2D eigenvalue weighted by atomic mass is 32.2. The van der Waals surface area contributed by atoms with Crippen LogP contribution in [-0.4, -0.2) is 20.8 Å². The molecule has 1 unspecified atom stereocenters. The molecule has 4 nitrogen and oxygen atoms in total. The van der Waals surface area contributed by atoms with E-state index in [2.05, 4.69) is 4.74 Å². The third-order valence-electron chi connectivity index (χ3n) is 4.15. The molecule has 2 aromatic rings. The number of allylic oxidation sites excluding steroid dienone is 2. The number of halogens is 5. The maximum atomic E-state index is 14.6. The molecule has 3 rings (SSSR count). The van der Waals surface area contributed by atoms with E-state index in [1.165, 1.54) is 18.2 Å². The van der Waals surface area contributed by atoms with Crippen LogP contribution in [-0.2, 0) is 14.8 Å². The van der Waals surface area contributed by atoms with Crippen molar-refractivity contribution in [2.75, 3.05) is 0 Å². The highest BCUT2D eigenvalue weighted by Crippen LogP contribution is 2.38. The molecule has 10 heteroatoms. The van der Waals surface area contributed by atoms with Gasteiger partial charge in [0, 0.05) is 6.42 Å². The van der Waals surface area contributed by atoms with Crippen LogP contribution in [0.2, 0.25) is 0 Å². The van der Waals surface area contributed by atoms with E-state index in [-0.39, 0.29) is 11.1 Å². The molecule has 0 aromatic heterocycles. The summed E-state index contributed by atoms with van der Waals surface area (Å²) < 4.78 is 99.1. The molecule has 29 heavy (non-hydrogen) atoms. The molecular formula is C19H14F5NO3S. The van der Waals surface area contributed by atoms with Gasteiger partial charge in [0.15, 0.2) is 5.72 Å². The summed E-state index contributed by atoms with van der Waals surface area (Å²) in [5.41, 5.74) is -2.43. The maximum absolute atomic E-state index is 14.6. The van der Waals surface area contributed by atoms with Gasteiger partial charge in [0.05, 0.1) is 4.90 Å². The number of ether oxygens (including phenoxy) is 1. The number of hydrogen-bond acceptors (Lipinski definition) is 3. The smallest absolute Gasteiger partial charge is 0.293 e. The molecule has 1 aliphatic carbocycles. The Bertz CT molecular complexity index is 1080. The zero-order chi connectivity index (χ0) is 21.2. The van der Waals surface area contributed by atoms with Crippen molar-refractivity contribution in [2.24, 2.45) is 0 Å². The predicted molar refractivity (Wildman–Crippen MR) is 94.7 cm³/mol. The zero-order valence-corrected chi connectivity index (χ0v) is 15.4. The second kappa shape index (κ2) is 8.05. The zero-order valence-electron chi connectivity index (χ0n) is 14.6. The Morgan fingerprint density at radius 3 is 2.24 bits per heavy atom. The van der Waals surface area contributed by atoms with E-state index in [9.17, 15) is 30.4 Å². The van der Waals surface area contributed by atoms with Crippen molar-refractivity contribution in [3.8, 4) is 0 Å². The first-order valence-corrected chi connectivity index (χ1v) is 9.68. The van der Waals surface area contributed by atoms with Crippen molar-refractivity contribution >= 4 is 15.6 Å². The lowest BCUT2D eigenvalue weighted by Gasteiger charge is -2.35. The Morgan fingerprint density at radius 1 is 0.966 bits per heavy atom. The van der Waals surface area contributed by atoms with Crippen molar-refractivity contribution in [3.63, 3.8) is 0 Å². The minimum absolute atomic E-state index is 0.147. The molecule has 0 radical (unpaired) electrons. The summed E-state index contributed by atoms with van der Waals surface area (Å²) in [5, 5.41) is 0. The van der Waals surface area contributed by atoms with Crippen LogP contribution in [0.15, 0.2) is 71.4 Å². The molecule has 0 saturated carbocycles. The first-order valence-electron chi connectivity index (χ1n) is 8.20. The lowest BCUT2D eigenvalue weighted by Crippen LogP contribution is -2.53. The van der Waals surface area contributed by atoms with Crippen molar-refractivity contribution in [2.45, 2.75) is 23.7 Å². The quantitative estimate of drug-likeness (QED) is 0.541. The monoisotopic (exact) mass is 431 g/mol. The van der Waals surface area contributed by atoms with E-state index >= 15 is 0 Å². The van der Waals surface area contributed by atoms with Gasteiger partial charge in [0.1, 0.15) is 17.5 Å². The highest BCUT2D eigenvalue weighted by Gasteiger charge is 2.45. The second-order valence-electron chi connectivity index (χ2n) is 6.16. The molecule has 0 bridgehead atoms. The van der Waals surface area contributed by atoms with Gasteiger partial charge >= 0.3 is 6.61 Å². The first kappa shape index (κ1) is 21.2. The molecule has 0 aliphatic heterocycles. The summed E-state index contributed by atoms with van der Waals surface area (Å²) in [6.45, 7) is -3.55. The topological polar surface area (TPSA) is 55.4 Å². The van der Waals surface area contributed by atoms with Crippen LogP contribution in [0, 0.1) is 11.6 Å². The minimum Gasteiger partial charge on any atom is -0.293 e. The van der Waals surface area contributed by atoms with Crippen LogP contribution in [0.5, 0.6) is 0 Å². The van der Waals surface area contributed by atoms with E-state index in [4.69, 9.17) is 0 Å². The Labute approximate surface area is 163 Å². The van der Waals surface area contributed by atoms with Gasteiger partial charge in [-0.3, -0.25) is 4.74 Å². The molecule has 0 fully saturated rings. The van der Waals surface area contributed by atoms with Crippen molar-refractivity contribution in [3.05, 3.63) is 83.7 Å². The second-order valence-corrected chi connectivity index (χ2v) is 7.84. The summed E-state index contributed by atoms with van der Waals surface area (Å²) >= 11 is 0. The Kier molecular flexibility index (Phi) is 5.87. The summed E-state index contributed by atoms with van der Waals surface area (Å²) in [4.78, 5) is -0.607. The number of benzene rings is 2. The Morgan fingerprint density at radius 2 is 1.62 bits per heavy atom. The van der Waals surface area contributed by atoms with E-state index in [0.29, 0.717) is 6.07 Å². The number of sulfonamides is 1. The van der Waals surface area contributed by atoms with Gasteiger partial charge in [-0.25, -0.2) is 21.6 Å². The average Bonchev–Trinajstić information content (AvgIpc) is 2.63. The van der Waals surface area contributed by atoms with Crippen molar-refractivity contribution in [1.29, 1.82) is 0 Å². The van der Waals surface area contributed by atoms with Gasteiger partial charge < -0.3 is 0 Å². The summed E-state index contributed by atoms with van der Waals surface area (Å²) in [6, 6.07) is 8.76. The van der Waals surface area contributed by atoms with Crippen LogP contribution in [0.4, 0.5) is 22.0 Å². The highest BCUT2D eigenvalue weighted by molar-refractivity contribution is 7.89. The Hall–Kier alpha value is -2.56. The lowest BCUT2D eigenvalue weighted by atomic mass is 9.91. The van der Waals surface area contributed by atoms with Gasteiger partial charge in [0.2, 0.25) is 10.0 Å². The van der Waals surface area contributed by atoms with Gasteiger partial charge in [-0.15, -0.1) is 0 Å². The maximum Gasteiger partial charge on any atom is 0.347 e. The lowest BCUT2D eigenvalue weighted by molar-refractivity contribution is -0.203. The van der Waals surface area contributed by atoms with Crippen LogP contribution < -0.4 is 4.72 Å². The molecule has 1 N–H and O–H groups in total. The van der Waals surface area contributed by atoms with Crippen LogP contribution in [0.3, 0.4) is 0 Å². The van der Waals surface area contributed by atoms with Crippen molar-refractivity contribution in [1.82, 2.24) is 4.72 Å². The van der Waals surface area contributed by atoms with Gasteiger partial charge in [0.25, 0.3) is 0 Å². The molecule has 0 spiro atoms. The molecule has 1 aliphatic rings. The number of hydrogen-bond donors (Lipinski definition) is 1. The summed E-state index contributed by atoms with van der Waals surface area (Å²) in [6.07, 6.45) is 1.26. The molecular weight excluding hydrogens is 417 g/mol. The van der Waals surface area contributed by atoms with Gasteiger partial charge in [-0.2, -0.15) is 13.5 Å². The fourth-order valence-electron chi connectivity index (χ4n) is 2.88. The van der Waals surface area contributed by atoms with E-state index in [0.717, 1.165) is 36.4 Å². The van der Waals surface area contributed by atoms with Crippen LogP contribution in [0.25, 0.3) is 5.57 Å². The van der Waals surface area contributed by atoms with Crippen molar-refractivity contribution < 1.29 is 35.1 Å². The molecule has 0 amide bonds. The number of nitrogens with one attached hydrogen (secondary N) is 1. The van der Waals surface area contributed by atoms with Crippen LogP contribution >= 0.6 is 0 Å². The molecule has 2 aromatic carbocycles. The average molecular weight is 431 g/mol. The molecule has 1 atom stereocenters. The standard InChI is InChI=1S/C19H14F5NO3S/c20-14-4-1-3-12(9-14)13-7-8-17(22)19(11-13,28-18(23)24)25-29(26,27)16-6-2-5-15(21)10-16/h1-10,18,25H,11H2. The molecule has 154 valence electrons. The minimum atomic E-state index is -4.66. The van der Waals surface area contributed by atoms with E-state index in [1.807, 2.05) is 0 Å². The molecule has 0 saturated heterocycles. The van der Waals surface area contributed by atoms with Gasteiger partial charge in [-0.05, 0) is 47.5 Å². The normalized spacial score (nSPS) is 19.8. The van der Waals surface area contributed by atoms with Crippen LogP contribution in [0.1, 0.15) is 12.0 Å². The SMILES string of the molecule is O=S(=O)(NC1(OC(F)F)CC(c2cccc(F)c2)=CC=C1F)c1cccc(F)c1. The number of rotatable bonds is 6. The van der Waals surface area contributed by atoms with E-state index in [1.54, 1.807) is 4.72 Å². The van der Waals surface area contributed by atoms with Gasteiger partial charge in [-0.1, -0.05) is 24.3 Å². The number of alkyl halides is 2. The molecule has 0 heterocycles. The largest absolute Gasteiger partial charge is 0.347 e. The fraction of sp³-hybridized carbons (Fsp3) is 0.158. The third kappa shape index (κ3) is 4.72. The van der Waals surface area contributed by atoms with E-state index < -0.39 is 51.1 Å². The summed E-state index contributed by atoms with van der Waals surface area (Å²) in [5.74, 6) is -2.85. The summed E-state index contributed by atoms with van der Waals surface area (Å²) in [7, 11) is -4.66. The first-order chi connectivity index (χ1) is 13.6. The Balaban J connectivity index is 2.02. The predicted octanol–water partition coefficient (Wildman–Crippen LogP) is 4.52. The fourth-order valence-corrected chi connectivity index (χ4v) is 4.17. The third-order valence-corrected chi connectivity index (χ3v) is 5.62.